The molecule has 0 aliphatic rings. The van der Waals surface area contributed by atoms with Gasteiger partial charge >= 0.3 is 5.97 Å². The van der Waals surface area contributed by atoms with Crippen LogP contribution in [0.25, 0.3) is 0 Å². The molecule has 0 spiro atoms. The van der Waals surface area contributed by atoms with E-state index in [1.54, 1.807) is 7.11 Å². The number of ether oxygens (including phenoxy) is 1. The van der Waals surface area contributed by atoms with Gasteiger partial charge in [0.15, 0.2) is 0 Å². The summed E-state index contributed by atoms with van der Waals surface area (Å²) in [6, 6.07) is 10.2. The van der Waals surface area contributed by atoms with E-state index in [0.29, 0.717) is 16.4 Å². The van der Waals surface area contributed by atoms with Crippen molar-refractivity contribution in [3.8, 4) is 5.75 Å². The summed E-state index contributed by atoms with van der Waals surface area (Å²) < 4.78 is 17.3. The molecule has 1 aromatic heterocycles. The van der Waals surface area contributed by atoms with Crippen molar-refractivity contribution >= 4 is 16.8 Å². The zero-order chi connectivity index (χ0) is 14.5. The number of hydrogen-bond acceptors (Lipinski definition) is 4. The maximum Gasteiger partial charge on any atom is 0.354 e. The molecule has 6 heteroatoms. The number of aromatic carboxylic acids is 1. The molecule has 1 heterocycles. The van der Waals surface area contributed by atoms with E-state index in [1.807, 2.05) is 24.3 Å². The molecular formula is C14H13NO4S. The molecule has 2 rings (SSSR count). The van der Waals surface area contributed by atoms with Gasteiger partial charge in [-0.25, -0.2) is 9.78 Å². The summed E-state index contributed by atoms with van der Waals surface area (Å²) in [6.45, 7) is 0. The number of pyridine rings is 1. The van der Waals surface area contributed by atoms with Crippen LogP contribution in [0.15, 0.2) is 47.5 Å². The van der Waals surface area contributed by atoms with E-state index in [4.69, 9.17) is 9.84 Å². The highest BCUT2D eigenvalue weighted by molar-refractivity contribution is 7.84. The number of hydrogen-bond donors (Lipinski definition) is 1. The van der Waals surface area contributed by atoms with Gasteiger partial charge < -0.3 is 9.84 Å². The molecule has 0 aliphatic carbocycles. The molecule has 1 aromatic carbocycles. The molecule has 0 bridgehead atoms. The maximum atomic E-state index is 12.2. The van der Waals surface area contributed by atoms with Crippen LogP contribution in [0.3, 0.4) is 0 Å². The average Bonchev–Trinajstić information content (AvgIpc) is 2.47. The van der Waals surface area contributed by atoms with E-state index in [0.717, 1.165) is 5.56 Å². The summed E-state index contributed by atoms with van der Waals surface area (Å²) in [7, 11) is 0.297. The van der Waals surface area contributed by atoms with Gasteiger partial charge in [0.25, 0.3) is 0 Å². The van der Waals surface area contributed by atoms with Gasteiger partial charge in [0.2, 0.25) is 0 Å². The highest BCUT2D eigenvalue weighted by atomic mass is 32.2. The first-order chi connectivity index (χ1) is 9.60. The number of nitrogens with zero attached hydrogens (tertiary/aromatic N) is 1. The van der Waals surface area contributed by atoms with Crippen LogP contribution in [0.5, 0.6) is 5.75 Å². The highest BCUT2D eigenvalue weighted by Gasteiger charge is 2.09. The third kappa shape index (κ3) is 3.42. The Balaban J connectivity index is 2.13. The van der Waals surface area contributed by atoms with E-state index < -0.39 is 16.8 Å². The number of carbonyl (C=O) groups is 1. The van der Waals surface area contributed by atoms with Gasteiger partial charge in [-0.3, -0.25) is 4.21 Å². The monoisotopic (exact) mass is 291 g/mol. The first kappa shape index (κ1) is 14.2. The van der Waals surface area contributed by atoms with E-state index in [2.05, 4.69) is 4.98 Å². The second-order valence-corrected chi connectivity index (χ2v) is 5.48. The predicted molar refractivity (Wildman–Crippen MR) is 74.3 cm³/mol. The summed E-state index contributed by atoms with van der Waals surface area (Å²) in [5.74, 6) is -0.0698. The van der Waals surface area contributed by atoms with E-state index in [-0.39, 0.29) is 5.69 Å². The third-order valence-corrected chi connectivity index (χ3v) is 4.01. The summed E-state index contributed by atoms with van der Waals surface area (Å²) in [4.78, 5) is 14.9. The van der Waals surface area contributed by atoms with Crippen LogP contribution in [0.1, 0.15) is 16.1 Å². The Kier molecular flexibility index (Phi) is 4.47. The fourth-order valence-electron chi connectivity index (χ4n) is 1.64. The van der Waals surface area contributed by atoms with Gasteiger partial charge in [-0.15, -0.1) is 0 Å². The maximum absolute atomic E-state index is 12.2. The zero-order valence-corrected chi connectivity index (χ0v) is 11.6. The Morgan fingerprint density at radius 3 is 2.75 bits per heavy atom. The Bertz CT molecular complexity index is 640. The molecule has 0 fully saturated rings. The van der Waals surface area contributed by atoms with E-state index >= 15 is 0 Å². The van der Waals surface area contributed by atoms with Crippen molar-refractivity contribution in [2.45, 2.75) is 10.6 Å². The fraction of sp³-hybridized carbons (Fsp3) is 0.143. The summed E-state index contributed by atoms with van der Waals surface area (Å²) in [5, 5.41) is 8.75. The predicted octanol–water partition coefficient (Wildman–Crippen LogP) is 2.10. The second kappa shape index (κ2) is 6.29. The molecule has 0 amide bonds. The van der Waals surface area contributed by atoms with Crippen LogP contribution >= 0.6 is 0 Å². The standard InChI is InChI=1S/C14H13NO4S/c1-19-11-4-2-3-10(7-11)9-20(18)12-5-6-13(14(16)17)15-8-12/h2-8H,9H2,1H3,(H,16,17)/t20-/m0/s1. The lowest BCUT2D eigenvalue weighted by molar-refractivity contribution is 0.0690. The summed E-state index contributed by atoms with van der Waals surface area (Å²) >= 11 is 0. The average molecular weight is 291 g/mol. The van der Waals surface area contributed by atoms with Crippen molar-refractivity contribution in [2.24, 2.45) is 0 Å². The number of benzene rings is 1. The van der Waals surface area contributed by atoms with E-state index in [9.17, 15) is 9.00 Å². The van der Waals surface area contributed by atoms with E-state index in [1.165, 1.54) is 18.3 Å². The normalized spacial score (nSPS) is 11.8. The van der Waals surface area contributed by atoms with Crippen LogP contribution in [0.4, 0.5) is 0 Å². The minimum absolute atomic E-state index is 0.0628. The zero-order valence-electron chi connectivity index (χ0n) is 10.8. The first-order valence-corrected chi connectivity index (χ1v) is 7.12. The lowest BCUT2D eigenvalue weighted by atomic mass is 10.2. The van der Waals surface area contributed by atoms with Crippen LogP contribution in [-0.4, -0.2) is 27.4 Å². The molecule has 20 heavy (non-hydrogen) atoms. The second-order valence-electron chi connectivity index (χ2n) is 4.03. The quantitative estimate of drug-likeness (QED) is 0.913. The molecule has 5 nitrogen and oxygen atoms in total. The minimum atomic E-state index is -1.28. The number of carboxylic acid groups (broad SMARTS) is 1. The Morgan fingerprint density at radius 2 is 2.15 bits per heavy atom. The number of rotatable bonds is 5. The third-order valence-electron chi connectivity index (χ3n) is 2.65. The molecule has 0 aliphatic heterocycles. The van der Waals surface area contributed by atoms with Crippen LogP contribution in [0.2, 0.25) is 0 Å². The molecule has 2 aromatic rings. The van der Waals surface area contributed by atoms with Crippen molar-refractivity contribution in [3.63, 3.8) is 0 Å². The van der Waals surface area contributed by atoms with Gasteiger partial charge in [-0.2, -0.15) is 0 Å². The molecule has 0 saturated carbocycles. The van der Waals surface area contributed by atoms with Crippen molar-refractivity contribution in [3.05, 3.63) is 53.9 Å². The first-order valence-electron chi connectivity index (χ1n) is 5.81. The van der Waals surface area contributed by atoms with Gasteiger partial charge in [0.1, 0.15) is 11.4 Å². The highest BCUT2D eigenvalue weighted by Crippen LogP contribution is 2.17. The Labute approximate surface area is 118 Å². The molecule has 0 saturated heterocycles. The minimum Gasteiger partial charge on any atom is -0.497 e. The van der Waals surface area contributed by atoms with Crippen molar-refractivity contribution in [2.75, 3.05) is 7.11 Å². The van der Waals surface area contributed by atoms with Gasteiger partial charge in [0, 0.05) is 6.20 Å². The molecule has 1 N–H and O–H groups in total. The van der Waals surface area contributed by atoms with Crippen molar-refractivity contribution in [1.29, 1.82) is 0 Å². The molecule has 1 atom stereocenters. The fourth-order valence-corrected chi connectivity index (χ4v) is 2.68. The lowest BCUT2D eigenvalue weighted by Gasteiger charge is -2.05. The Morgan fingerprint density at radius 1 is 1.35 bits per heavy atom. The molecular weight excluding hydrogens is 278 g/mol. The smallest absolute Gasteiger partial charge is 0.354 e. The molecule has 0 unspecified atom stereocenters. The lowest BCUT2D eigenvalue weighted by Crippen LogP contribution is -2.02. The SMILES string of the molecule is COc1cccc(C[S@](=O)c2ccc(C(=O)O)nc2)c1. The van der Waals surface area contributed by atoms with Crippen molar-refractivity contribution in [1.82, 2.24) is 4.98 Å². The van der Waals surface area contributed by atoms with Gasteiger partial charge in [-0.1, -0.05) is 12.1 Å². The summed E-state index contributed by atoms with van der Waals surface area (Å²) in [5.41, 5.74) is 0.817. The molecule has 0 radical (unpaired) electrons. The van der Waals surface area contributed by atoms with Crippen LogP contribution in [0, 0.1) is 0 Å². The Hall–Kier alpha value is -2.21. The largest absolute Gasteiger partial charge is 0.497 e. The van der Waals surface area contributed by atoms with Gasteiger partial charge in [0.05, 0.1) is 28.6 Å². The number of aromatic nitrogens is 1. The van der Waals surface area contributed by atoms with Crippen LogP contribution < -0.4 is 4.74 Å². The number of methoxy groups -OCH3 is 1. The van der Waals surface area contributed by atoms with Crippen LogP contribution in [-0.2, 0) is 16.6 Å². The number of carboxylic acids is 1. The van der Waals surface area contributed by atoms with Crippen molar-refractivity contribution < 1.29 is 18.8 Å². The summed E-state index contributed by atoms with van der Waals surface area (Å²) in [6.07, 6.45) is 1.33. The topological polar surface area (TPSA) is 76.5 Å². The molecule has 104 valence electrons. The van der Waals surface area contributed by atoms with Gasteiger partial charge in [-0.05, 0) is 29.8 Å².